The van der Waals surface area contributed by atoms with E-state index in [1.807, 2.05) is 0 Å². The minimum Gasteiger partial charge on any atom is -0.313 e. The van der Waals surface area contributed by atoms with E-state index in [4.69, 9.17) is 0 Å². The van der Waals surface area contributed by atoms with E-state index in [1.54, 1.807) is 0 Å². The Kier molecular flexibility index (Phi) is 5.88. The third kappa shape index (κ3) is 3.90. The molecule has 0 aromatic carbocycles. The molecule has 0 aromatic heterocycles. The lowest BCUT2D eigenvalue weighted by atomic mass is 9.97. The van der Waals surface area contributed by atoms with Crippen LogP contribution in [0.5, 0.6) is 0 Å². The highest BCUT2D eigenvalue weighted by atomic mass is 32.2. The highest BCUT2D eigenvalue weighted by Gasteiger charge is 2.33. The number of thioether (sulfide) groups is 1. The number of rotatable bonds is 5. The van der Waals surface area contributed by atoms with Crippen LogP contribution in [0.25, 0.3) is 0 Å². The van der Waals surface area contributed by atoms with Crippen LogP contribution >= 0.6 is 11.8 Å². The van der Waals surface area contributed by atoms with Crippen LogP contribution in [0.1, 0.15) is 71.1 Å². The van der Waals surface area contributed by atoms with Crippen molar-refractivity contribution in [2.75, 3.05) is 12.8 Å². The van der Waals surface area contributed by atoms with Gasteiger partial charge in [-0.05, 0) is 44.3 Å². The minimum atomic E-state index is 0.580. The monoisotopic (exact) mass is 269 g/mol. The summed E-state index contributed by atoms with van der Waals surface area (Å²) in [5, 5.41) is 3.92. The Morgan fingerprint density at radius 3 is 2.50 bits per heavy atom. The zero-order valence-corrected chi connectivity index (χ0v) is 13.2. The molecule has 0 bridgehead atoms. The van der Waals surface area contributed by atoms with Gasteiger partial charge < -0.3 is 5.32 Å². The zero-order chi connectivity index (χ0) is 12.8. The van der Waals surface area contributed by atoms with Gasteiger partial charge in [-0.1, -0.05) is 39.0 Å². The fourth-order valence-corrected chi connectivity index (χ4v) is 4.72. The van der Waals surface area contributed by atoms with Crippen LogP contribution in [0.2, 0.25) is 0 Å². The van der Waals surface area contributed by atoms with Gasteiger partial charge in [0.15, 0.2) is 0 Å². The maximum Gasteiger partial charge on any atom is 0.0281 e. The van der Waals surface area contributed by atoms with E-state index in [0.717, 1.165) is 12.0 Å². The molecule has 2 unspecified atom stereocenters. The van der Waals surface area contributed by atoms with Gasteiger partial charge in [-0.15, -0.1) is 0 Å². The highest BCUT2D eigenvalue weighted by Crippen LogP contribution is 2.40. The van der Waals surface area contributed by atoms with Crippen molar-refractivity contribution in [3.8, 4) is 0 Å². The van der Waals surface area contributed by atoms with Crippen LogP contribution in [0.3, 0.4) is 0 Å². The average molecular weight is 269 g/mol. The number of nitrogens with one attached hydrogen (secondary N) is 1. The van der Waals surface area contributed by atoms with E-state index in [0.29, 0.717) is 4.75 Å². The van der Waals surface area contributed by atoms with E-state index >= 15 is 0 Å². The van der Waals surface area contributed by atoms with E-state index in [-0.39, 0.29) is 0 Å². The van der Waals surface area contributed by atoms with Gasteiger partial charge in [-0.3, -0.25) is 0 Å². The second kappa shape index (κ2) is 7.19. The quantitative estimate of drug-likeness (QED) is 0.731. The molecule has 18 heavy (non-hydrogen) atoms. The summed E-state index contributed by atoms with van der Waals surface area (Å²) in [6.45, 7) is 3.62. The first-order valence-electron chi connectivity index (χ1n) is 8.06. The molecule has 2 fully saturated rings. The predicted molar refractivity (Wildman–Crippen MR) is 83.4 cm³/mol. The lowest BCUT2D eigenvalue weighted by Crippen LogP contribution is -2.40. The van der Waals surface area contributed by atoms with Gasteiger partial charge in [0.05, 0.1) is 0 Å². The molecule has 0 radical (unpaired) electrons. The average Bonchev–Trinajstić information content (AvgIpc) is 2.76. The van der Waals surface area contributed by atoms with Crippen LogP contribution in [0, 0.1) is 5.92 Å². The van der Waals surface area contributed by atoms with E-state index in [2.05, 4.69) is 30.3 Å². The normalized spacial score (nSPS) is 32.3. The summed E-state index contributed by atoms with van der Waals surface area (Å²) in [6, 6.07) is 0.811. The predicted octanol–water partition coefficient (Wildman–Crippen LogP) is 4.61. The van der Waals surface area contributed by atoms with E-state index < -0.39 is 0 Å². The molecule has 106 valence electrons. The van der Waals surface area contributed by atoms with Gasteiger partial charge >= 0.3 is 0 Å². The molecule has 0 spiro atoms. The Hall–Kier alpha value is 0.310. The third-order valence-electron chi connectivity index (χ3n) is 5.33. The molecule has 0 amide bonds. The Balaban J connectivity index is 1.75. The van der Waals surface area contributed by atoms with Crippen molar-refractivity contribution in [3.63, 3.8) is 0 Å². The molecule has 2 rings (SSSR count). The number of hydrogen-bond acceptors (Lipinski definition) is 2. The molecule has 2 atom stereocenters. The summed E-state index contributed by atoms with van der Waals surface area (Å²) in [4.78, 5) is 0. The second-order valence-electron chi connectivity index (χ2n) is 6.45. The lowest BCUT2D eigenvalue weighted by molar-refractivity contribution is 0.407. The molecule has 2 heteroatoms. The zero-order valence-electron chi connectivity index (χ0n) is 12.3. The van der Waals surface area contributed by atoms with Gasteiger partial charge in [-0.25, -0.2) is 0 Å². The molecule has 0 aliphatic heterocycles. The van der Waals surface area contributed by atoms with Gasteiger partial charge in [0.2, 0.25) is 0 Å². The van der Waals surface area contributed by atoms with Gasteiger partial charge in [0.25, 0.3) is 0 Å². The Bertz CT molecular complexity index is 235. The first kappa shape index (κ1) is 14.7. The van der Waals surface area contributed by atoms with Crippen LogP contribution in [0.15, 0.2) is 0 Å². The summed E-state index contributed by atoms with van der Waals surface area (Å²) >= 11 is 2.12. The maximum atomic E-state index is 3.92. The molecule has 2 aliphatic rings. The Labute approximate surface area is 118 Å². The van der Waals surface area contributed by atoms with Crippen molar-refractivity contribution in [1.29, 1.82) is 0 Å². The standard InChI is InChI=1S/C16H31NS/c1-3-14-7-6-8-15(10-9-14)17-13-16(18-2)11-4-5-12-16/h14-15,17H,3-13H2,1-2H3. The van der Waals surface area contributed by atoms with Gasteiger partial charge in [0, 0.05) is 17.3 Å². The smallest absolute Gasteiger partial charge is 0.0281 e. The summed E-state index contributed by atoms with van der Waals surface area (Å²) in [6.07, 6.45) is 16.7. The summed E-state index contributed by atoms with van der Waals surface area (Å²) < 4.78 is 0.580. The summed E-state index contributed by atoms with van der Waals surface area (Å²) in [5.74, 6) is 1.01. The molecule has 2 saturated carbocycles. The van der Waals surface area contributed by atoms with Crippen LogP contribution in [-0.4, -0.2) is 23.6 Å². The topological polar surface area (TPSA) is 12.0 Å². The second-order valence-corrected chi connectivity index (χ2v) is 7.73. The maximum absolute atomic E-state index is 3.92. The lowest BCUT2D eigenvalue weighted by Gasteiger charge is -2.29. The first-order chi connectivity index (χ1) is 8.78. The van der Waals surface area contributed by atoms with Crippen LogP contribution < -0.4 is 5.32 Å². The van der Waals surface area contributed by atoms with Crippen molar-refractivity contribution in [2.45, 2.75) is 81.9 Å². The molecule has 0 heterocycles. The molecule has 2 aliphatic carbocycles. The van der Waals surface area contributed by atoms with Crippen LogP contribution in [-0.2, 0) is 0 Å². The Morgan fingerprint density at radius 1 is 1.06 bits per heavy atom. The van der Waals surface area contributed by atoms with Crippen molar-refractivity contribution in [3.05, 3.63) is 0 Å². The van der Waals surface area contributed by atoms with Gasteiger partial charge in [-0.2, -0.15) is 11.8 Å². The Morgan fingerprint density at radius 2 is 1.83 bits per heavy atom. The van der Waals surface area contributed by atoms with Crippen LogP contribution in [0.4, 0.5) is 0 Å². The fraction of sp³-hybridized carbons (Fsp3) is 1.00. The van der Waals surface area contributed by atoms with Crippen molar-refractivity contribution in [1.82, 2.24) is 5.32 Å². The van der Waals surface area contributed by atoms with Crippen molar-refractivity contribution in [2.24, 2.45) is 5.92 Å². The largest absolute Gasteiger partial charge is 0.313 e. The summed E-state index contributed by atoms with van der Waals surface area (Å²) in [5.41, 5.74) is 0. The molecule has 1 nitrogen and oxygen atoms in total. The fourth-order valence-electron chi connectivity index (χ4n) is 3.79. The minimum absolute atomic E-state index is 0.580. The third-order valence-corrected chi connectivity index (χ3v) is 6.74. The number of hydrogen-bond donors (Lipinski definition) is 1. The molecule has 0 aromatic rings. The van der Waals surface area contributed by atoms with Gasteiger partial charge in [0.1, 0.15) is 0 Å². The van der Waals surface area contributed by atoms with E-state index in [1.165, 1.54) is 70.8 Å². The summed E-state index contributed by atoms with van der Waals surface area (Å²) in [7, 11) is 0. The highest BCUT2D eigenvalue weighted by molar-refractivity contribution is 8.00. The molecular weight excluding hydrogens is 238 g/mol. The molecular formula is C16H31NS. The van der Waals surface area contributed by atoms with Crippen molar-refractivity contribution < 1.29 is 0 Å². The SMILES string of the molecule is CCC1CCCC(NCC2(SC)CCCC2)CC1. The van der Waals surface area contributed by atoms with Crippen molar-refractivity contribution >= 4 is 11.8 Å². The first-order valence-corrected chi connectivity index (χ1v) is 9.29. The molecule has 1 N–H and O–H groups in total. The molecule has 0 saturated heterocycles. The van der Waals surface area contributed by atoms with E-state index in [9.17, 15) is 0 Å².